The standard InChI is InChI=1S/C15H21N5O/c1-2-7-17-15(21)19-9-5-12(6-10-19)20-11-18-13-4-3-8-16-14(13)20/h3-4,8,11-12H,2,5-7,9-10H2,1H3,(H,17,21). The molecule has 0 radical (unpaired) electrons. The third kappa shape index (κ3) is 2.84. The Morgan fingerprint density at radius 2 is 2.19 bits per heavy atom. The van der Waals surface area contributed by atoms with Crippen LogP contribution in [0.25, 0.3) is 11.2 Å². The van der Waals surface area contributed by atoms with Gasteiger partial charge in [-0.15, -0.1) is 0 Å². The number of hydrogen-bond acceptors (Lipinski definition) is 3. The van der Waals surface area contributed by atoms with Crippen LogP contribution < -0.4 is 5.32 Å². The minimum atomic E-state index is 0.0592. The maximum atomic E-state index is 11.9. The number of amides is 2. The van der Waals surface area contributed by atoms with Crippen LogP contribution in [0.3, 0.4) is 0 Å². The molecule has 2 aromatic rings. The Bertz CT molecular complexity index is 615. The fraction of sp³-hybridized carbons (Fsp3) is 0.533. The van der Waals surface area contributed by atoms with Crippen LogP contribution in [0, 0.1) is 0 Å². The van der Waals surface area contributed by atoms with E-state index in [0.29, 0.717) is 6.04 Å². The van der Waals surface area contributed by atoms with Crippen molar-refractivity contribution in [1.29, 1.82) is 0 Å². The summed E-state index contributed by atoms with van der Waals surface area (Å²) >= 11 is 0. The number of piperidine rings is 1. The molecule has 0 atom stereocenters. The van der Waals surface area contributed by atoms with Crippen LogP contribution in [-0.2, 0) is 0 Å². The van der Waals surface area contributed by atoms with E-state index < -0.39 is 0 Å². The average Bonchev–Trinajstić information content (AvgIpc) is 2.97. The number of carbonyl (C=O) groups excluding carboxylic acids is 1. The molecular weight excluding hydrogens is 266 g/mol. The summed E-state index contributed by atoms with van der Waals surface area (Å²) in [6.07, 6.45) is 6.53. The number of likely N-dealkylation sites (tertiary alicyclic amines) is 1. The number of urea groups is 1. The molecule has 1 N–H and O–H groups in total. The molecule has 0 unspecified atom stereocenters. The van der Waals surface area contributed by atoms with E-state index >= 15 is 0 Å². The summed E-state index contributed by atoms with van der Waals surface area (Å²) in [6.45, 7) is 4.37. The van der Waals surface area contributed by atoms with Gasteiger partial charge in [0.05, 0.1) is 6.33 Å². The van der Waals surface area contributed by atoms with Gasteiger partial charge in [-0.3, -0.25) is 0 Å². The lowest BCUT2D eigenvalue weighted by molar-refractivity contribution is 0.172. The largest absolute Gasteiger partial charge is 0.338 e. The second kappa shape index (κ2) is 6.11. The van der Waals surface area contributed by atoms with Gasteiger partial charge in [0.15, 0.2) is 5.65 Å². The van der Waals surface area contributed by atoms with Gasteiger partial charge in [-0.05, 0) is 31.4 Å². The Morgan fingerprint density at radius 1 is 1.38 bits per heavy atom. The van der Waals surface area contributed by atoms with Gasteiger partial charge in [-0.1, -0.05) is 6.92 Å². The molecule has 1 aliphatic rings. The molecule has 6 heteroatoms. The van der Waals surface area contributed by atoms with Crippen LogP contribution in [-0.4, -0.2) is 45.1 Å². The first-order valence-electron chi connectivity index (χ1n) is 7.60. The molecule has 0 aromatic carbocycles. The summed E-state index contributed by atoms with van der Waals surface area (Å²) in [5, 5.41) is 2.94. The van der Waals surface area contributed by atoms with Crippen molar-refractivity contribution in [3.8, 4) is 0 Å². The Balaban J connectivity index is 1.64. The topological polar surface area (TPSA) is 63.1 Å². The van der Waals surface area contributed by atoms with E-state index in [2.05, 4.69) is 26.8 Å². The van der Waals surface area contributed by atoms with E-state index in [9.17, 15) is 4.79 Å². The normalized spacial score (nSPS) is 16.3. The maximum absolute atomic E-state index is 11.9. The second-order valence-corrected chi connectivity index (χ2v) is 5.45. The molecule has 6 nitrogen and oxygen atoms in total. The zero-order valence-electron chi connectivity index (χ0n) is 12.3. The summed E-state index contributed by atoms with van der Waals surface area (Å²) in [6, 6.07) is 4.32. The zero-order chi connectivity index (χ0) is 14.7. The first kappa shape index (κ1) is 13.9. The number of nitrogens with zero attached hydrogens (tertiary/aromatic N) is 4. The maximum Gasteiger partial charge on any atom is 0.317 e. The first-order chi connectivity index (χ1) is 10.3. The molecular formula is C15H21N5O. The Hall–Kier alpha value is -2.11. The van der Waals surface area contributed by atoms with Crippen LogP contribution in [0.4, 0.5) is 4.79 Å². The van der Waals surface area contributed by atoms with E-state index in [1.807, 2.05) is 23.4 Å². The molecule has 21 heavy (non-hydrogen) atoms. The number of carbonyl (C=O) groups is 1. The highest BCUT2D eigenvalue weighted by atomic mass is 16.2. The van der Waals surface area contributed by atoms with Gasteiger partial charge in [0.25, 0.3) is 0 Å². The van der Waals surface area contributed by atoms with E-state index in [4.69, 9.17) is 0 Å². The van der Waals surface area contributed by atoms with Crippen molar-refractivity contribution < 1.29 is 4.79 Å². The Kier molecular flexibility index (Phi) is 4.03. The van der Waals surface area contributed by atoms with Crippen LogP contribution in [0.2, 0.25) is 0 Å². The second-order valence-electron chi connectivity index (χ2n) is 5.45. The van der Waals surface area contributed by atoms with Crippen molar-refractivity contribution in [3.05, 3.63) is 24.7 Å². The number of nitrogens with one attached hydrogen (secondary N) is 1. The fourth-order valence-electron chi connectivity index (χ4n) is 2.83. The number of rotatable bonds is 3. The van der Waals surface area contributed by atoms with Crippen LogP contribution >= 0.6 is 0 Å². The first-order valence-corrected chi connectivity index (χ1v) is 7.60. The van der Waals surface area contributed by atoms with Gasteiger partial charge < -0.3 is 14.8 Å². The predicted molar refractivity (Wildman–Crippen MR) is 81.1 cm³/mol. The molecule has 3 rings (SSSR count). The van der Waals surface area contributed by atoms with Gasteiger partial charge in [0, 0.05) is 31.9 Å². The van der Waals surface area contributed by atoms with Gasteiger partial charge in [0.1, 0.15) is 5.52 Å². The monoisotopic (exact) mass is 287 g/mol. The van der Waals surface area contributed by atoms with Crippen molar-refractivity contribution >= 4 is 17.2 Å². The van der Waals surface area contributed by atoms with Crippen LogP contribution in [0.15, 0.2) is 24.7 Å². The number of imidazole rings is 1. The quantitative estimate of drug-likeness (QED) is 0.941. The lowest BCUT2D eigenvalue weighted by atomic mass is 10.1. The van der Waals surface area contributed by atoms with E-state index in [0.717, 1.165) is 50.1 Å². The number of fused-ring (bicyclic) bond motifs is 1. The number of hydrogen-bond donors (Lipinski definition) is 1. The van der Waals surface area contributed by atoms with Crippen LogP contribution in [0.1, 0.15) is 32.2 Å². The SMILES string of the molecule is CCCNC(=O)N1CCC(n2cnc3cccnc32)CC1. The summed E-state index contributed by atoms with van der Waals surface area (Å²) in [5.41, 5.74) is 1.87. The summed E-state index contributed by atoms with van der Waals surface area (Å²) in [4.78, 5) is 22.7. The summed E-state index contributed by atoms with van der Waals surface area (Å²) < 4.78 is 2.15. The van der Waals surface area contributed by atoms with Crippen molar-refractivity contribution in [2.24, 2.45) is 0 Å². The molecule has 0 saturated carbocycles. The van der Waals surface area contributed by atoms with E-state index in [-0.39, 0.29) is 6.03 Å². The molecule has 112 valence electrons. The van der Waals surface area contributed by atoms with E-state index in [1.165, 1.54) is 0 Å². The minimum absolute atomic E-state index is 0.0592. The Morgan fingerprint density at radius 3 is 2.95 bits per heavy atom. The molecule has 3 heterocycles. The smallest absolute Gasteiger partial charge is 0.317 e. The molecule has 2 aromatic heterocycles. The van der Waals surface area contributed by atoms with E-state index in [1.54, 1.807) is 6.20 Å². The Labute approximate surface area is 124 Å². The molecule has 1 fully saturated rings. The molecule has 0 spiro atoms. The summed E-state index contributed by atoms with van der Waals surface area (Å²) in [5.74, 6) is 0. The average molecular weight is 287 g/mol. The summed E-state index contributed by atoms with van der Waals surface area (Å²) in [7, 11) is 0. The van der Waals surface area contributed by atoms with Gasteiger partial charge in [-0.2, -0.15) is 0 Å². The van der Waals surface area contributed by atoms with Crippen molar-refractivity contribution in [2.75, 3.05) is 19.6 Å². The third-order valence-corrected chi connectivity index (χ3v) is 4.00. The fourth-order valence-corrected chi connectivity index (χ4v) is 2.83. The molecule has 0 bridgehead atoms. The molecule has 1 saturated heterocycles. The molecule has 2 amide bonds. The highest BCUT2D eigenvalue weighted by molar-refractivity contribution is 5.74. The number of aromatic nitrogens is 3. The lowest BCUT2D eigenvalue weighted by Crippen LogP contribution is -2.44. The highest BCUT2D eigenvalue weighted by Gasteiger charge is 2.24. The van der Waals surface area contributed by atoms with Gasteiger partial charge in [0.2, 0.25) is 0 Å². The van der Waals surface area contributed by atoms with Gasteiger partial charge >= 0.3 is 6.03 Å². The molecule has 0 aliphatic carbocycles. The number of pyridine rings is 1. The van der Waals surface area contributed by atoms with Crippen molar-refractivity contribution in [1.82, 2.24) is 24.8 Å². The lowest BCUT2D eigenvalue weighted by Gasteiger charge is -2.32. The zero-order valence-corrected chi connectivity index (χ0v) is 12.3. The third-order valence-electron chi connectivity index (χ3n) is 4.00. The van der Waals surface area contributed by atoms with Crippen LogP contribution in [0.5, 0.6) is 0 Å². The predicted octanol–water partition coefficient (Wildman–Crippen LogP) is 2.19. The van der Waals surface area contributed by atoms with Crippen molar-refractivity contribution in [2.45, 2.75) is 32.2 Å². The van der Waals surface area contributed by atoms with Gasteiger partial charge in [-0.25, -0.2) is 14.8 Å². The minimum Gasteiger partial charge on any atom is -0.338 e. The van der Waals surface area contributed by atoms with Crippen molar-refractivity contribution in [3.63, 3.8) is 0 Å². The highest BCUT2D eigenvalue weighted by Crippen LogP contribution is 2.25. The molecule has 1 aliphatic heterocycles.